The van der Waals surface area contributed by atoms with Crippen molar-refractivity contribution in [3.05, 3.63) is 52.8 Å². The summed E-state index contributed by atoms with van der Waals surface area (Å²) in [6, 6.07) is 12.1. The van der Waals surface area contributed by atoms with E-state index in [2.05, 4.69) is 4.99 Å². The molecule has 0 aliphatic carbocycles. The van der Waals surface area contributed by atoms with E-state index >= 15 is 0 Å². The SMILES string of the molecule is COc1ccc(S(=O)(=O)CC(=O)N=c2sc3cc(C)ccc3n2CCSC)cc1. The van der Waals surface area contributed by atoms with Gasteiger partial charge in [0.05, 0.1) is 22.2 Å². The van der Waals surface area contributed by atoms with Crippen molar-refractivity contribution in [2.75, 3.05) is 24.9 Å². The number of ether oxygens (including phenoxy) is 1. The number of rotatable bonds is 7. The number of carbonyl (C=O) groups excluding carboxylic acids is 1. The lowest BCUT2D eigenvalue weighted by atomic mass is 10.2. The molecule has 1 amide bonds. The number of thioether (sulfide) groups is 1. The van der Waals surface area contributed by atoms with Crippen LogP contribution >= 0.6 is 23.1 Å². The highest BCUT2D eigenvalue weighted by atomic mass is 32.2. The molecule has 9 heteroatoms. The number of hydrogen-bond acceptors (Lipinski definition) is 6. The Labute approximate surface area is 178 Å². The Morgan fingerprint density at radius 2 is 1.93 bits per heavy atom. The summed E-state index contributed by atoms with van der Waals surface area (Å²) in [5, 5.41) is 0. The molecule has 0 radical (unpaired) electrons. The molecule has 154 valence electrons. The van der Waals surface area contributed by atoms with Crippen LogP contribution in [0.2, 0.25) is 0 Å². The van der Waals surface area contributed by atoms with Crippen LogP contribution in [0.3, 0.4) is 0 Å². The molecule has 0 aliphatic rings. The van der Waals surface area contributed by atoms with E-state index in [0.29, 0.717) is 17.1 Å². The van der Waals surface area contributed by atoms with Gasteiger partial charge in [-0.05, 0) is 55.1 Å². The molecular weight excluding hydrogens is 428 g/mol. The lowest BCUT2D eigenvalue weighted by molar-refractivity contribution is -0.115. The van der Waals surface area contributed by atoms with Crippen LogP contribution in [0.1, 0.15) is 5.56 Å². The quantitative estimate of drug-likeness (QED) is 0.552. The van der Waals surface area contributed by atoms with E-state index in [1.807, 2.05) is 35.9 Å². The van der Waals surface area contributed by atoms with Crippen LogP contribution in [0, 0.1) is 6.92 Å². The Morgan fingerprint density at radius 3 is 2.59 bits per heavy atom. The van der Waals surface area contributed by atoms with E-state index in [0.717, 1.165) is 21.5 Å². The Kier molecular flexibility index (Phi) is 6.81. The highest BCUT2D eigenvalue weighted by molar-refractivity contribution is 7.98. The summed E-state index contributed by atoms with van der Waals surface area (Å²) in [4.78, 5) is 17.3. The van der Waals surface area contributed by atoms with Crippen molar-refractivity contribution in [3.63, 3.8) is 0 Å². The lowest BCUT2D eigenvalue weighted by Crippen LogP contribution is -2.21. The fourth-order valence-corrected chi connectivity index (χ4v) is 5.48. The first-order valence-corrected chi connectivity index (χ1v) is 12.7. The summed E-state index contributed by atoms with van der Waals surface area (Å²) in [7, 11) is -2.27. The summed E-state index contributed by atoms with van der Waals surface area (Å²) in [6.45, 7) is 2.70. The Balaban J connectivity index is 1.94. The molecule has 2 aromatic carbocycles. The summed E-state index contributed by atoms with van der Waals surface area (Å²) >= 11 is 3.10. The van der Waals surface area contributed by atoms with E-state index in [4.69, 9.17) is 4.74 Å². The fourth-order valence-electron chi connectivity index (χ4n) is 2.83. The normalized spacial score (nSPS) is 12.4. The van der Waals surface area contributed by atoms with Gasteiger partial charge in [-0.25, -0.2) is 8.42 Å². The van der Waals surface area contributed by atoms with Gasteiger partial charge in [0.1, 0.15) is 11.5 Å². The standard InChI is InChI=1S/C20H22N2O4S3/c1-14-4-9-17-18(12-14)28-20(22(17)10-11-27-3)21-19(23)13-29(24,25)16-7-5-15(26-2)6-8-16/h4-9,12H,10-11,13H2,1-3H3. The van der Waals surface area contributed by atoms with Gasteiger partial charge in [-0.3, -0.25) is 4.79 Å². The third kappa shape index (κ3) is 5.09. The third-order valence-corrected chi connectivity index (χ3v) is 7.56. The minimum atomic E-state index is -3.78. The van der Waals surface area contributed by atoms with Gasteiger partial charge in [0.25, 0.3) is 5.91 Å². The van der Waals surface area contributed by atoms with Gasteiger partial charge in [-0.2, -0.15) is 16.8 Å². The van der Waals surface area contributed by atoms with Crippen molar-refractivity contribution >= 4 is 49.1 Å². The molecule has 6 nitrogen and oxygen atoms in total. The summed E-state index contributed by atoms with van der Waals surface area (Å²) < 4.78 is 33.2. The van der Waals surface area contributed by atoms with Crippen molar-refractivity contribution in [2.24, 2.45) is 4.99 Å². The van der Waals surface area contributed by atoms with Crippen molar-refractivity contribution in [2.45, 2.75) is 18.4 Å². The van der Waals surface area contributed by atoms with Gasteiger partial charge in [0, 0.05) is 12.3 Å². The monoisotopic (exact) mass is 450 g/mol. The van der Waals surface area contributed by atoms with Crippen LogP contribution in [0.15, 0.2) is 52.4 Å². The maximum atomic E-state index is 12.6. The van der Waals surface area contributed by atoms with Gasteiger partial charge in [-0.1, -0.05) is 17.4 Å². The van der Waals surface area contributed by atoms with Crippen LogP contribution in [-0.2, 0) is 21.2 Å². The number of sulfone groups is 1. The van der Waals surface area contributed by atoms with E-state index < -0.39 is 21.5 Å². The predicted octanol–water partition coefficient (Wildman–Crippen LogP) is 3.28. The van der Waals surface area contributed by atoms with E-state index in [-0.39, 0.29) is 4.90 Å². The highest BCUT2D eigenvalue weighted by Gasteiger charge is 2.19. The Morgan fingerprint density at radius 1 is 1.21 bits per heavy atom. The summed E-state index contributed by atoms with van der Waals surface area (Å²) in [5.41, 5.74) is 2.12. The number of thiazole rings is 1. The molecule has 29 heavy (non-hydrogen) atoms. The zero-order valence-corrected chi connectivity index (χ0v) is 18.9. The number of amides is 1. The molecule has 1 aromatic heterocycles. The fraction of sp³-hybridized carbons (Fsp3) is 0.300. The molecule has 3 aromatic rings. The van der Waals surface area contributed by atoms with Crippen LogP contribution in [0.5, 0.6) is 5.75 Å². The number of carbonyl (C=O) groups is 1. The van der Waals surface area contributed by atoms with Gasteiger partial charge in [-0.15, -0.1) is 0 Å². The smallest absolute Gasteiger partial charge is 0.263 e. The van der Waals surface area contributed by atoms with Crippen LogP contribution in [0.4, 0.5) is 0 Å². The molecule has 3 rings (SSSR count). The minimum absolute atomic E-state index is 0.0732. The Bertz CT molecular complexity index is 1190. The van der Waals surface area contributed by atoms with E-state index in [9.17, 15) is 13.2 Å². The van der Waals surface area contributed by atoms with Crippen molar-refractivity contribution in [1.82, 2.24) is 4.57 Å². The number of aryl methyl sites for hydroxylation is 2. The number of hydrogen-bond donors (Lipinski definition) is 0. The Hall–Kier alpha value is -2.10. The molecular formula is C20H22N2O4S3. The predicted molar refractivity (Wildman–Crippen MR) is 119 cm³/mol. The maximum absolute atomic E-state index is 12.6. The second-order valence-electron chi connectivity index (χ2n) is 6.44. The molecule has 0 N–H and O–H groups in total. The van der Waals surface area contributed by atoms with E-state index in [1.165, 1.54) is 30.6 Å². The number of fused-ring (bicyclic) bond motifs is 1. The average molecular weight is 451 g/mol. The largest absolute Gasteiger partial charge is 0.497 e. The first-order valence-electron chi connectivity index (χ1n) is 8.87. The molecule has 0 bridgehead atoms. The molecule has 0 fully saturated rings. The van der Waals surface area contributed by atoms with Crippen molar-refractivity contribution in [1.29, 1.82) is 0 Å². The first kappa shape index (κ1) is 21.6. The third-order valence-electron chi connectivity index (χ3n) is 4.31. The molecule has 0 unspecified atom stereocenters. The topological polar surface area (TPSA) is 77.7 Å². The van der Waals surface area contributed by atoms with Gasteiger partial charge >= 0.3 is 0 Å². The van der Waals surface area contributed by atoms with Gasteiger partial charge in [0.2, 0.25) is 0 Å². The number of nitrogens with zero attached hydrogens (tertiary/aromatic N) is 2. The zero-order chi connectivity index (χ0) is 21.0. The average Bonchev–Trinajstić information content (AvgIpc) is 3.01. The van der Waals surface area contributed by atoms with Gasteiger partial charge in [0.15, 0.2) is 14.6 Å². The maximum Gasteiger partial charge on any atom is 0.263 e. The molecule has 0 aliphatic heterocycles. The first-order chi connectivity index (χ1) is 13.8. The zero-order valence-electron chi connectivity index (χ0n) is 16.4. The summed E-state index contributed by atoms with van der Waals surface area (Å²) in [6.07, 6.45) is 2.02. The molecule has 1 heterocycles. The molecule has 0 atom stereocenters. The second kappa shape index (κ2) is 9.15. The van der Waals surface area contributed by atoms with E-state index in [1.54, 1.807) is 23.9 Å². The van der Waals surface area contributed by atoms with Crippen LogP contribution in [-0.4, -0.2) is 43.8 Å². The lowest BCUT2D eigenvalue weighted by Gasteiger charge is -2.05. The van der Waals surface area contributed by atoms with Crippen LogP contribution < -0.4 is 9.54 Å². The summed E-state index contributed by atoms with van der Waals surface area (Å²) in [5.74, 6) is 0.0674. The molecule has 0 spiro atoms. The van der Waals surface area contributed by atoms with Gasteiger partial charge < -0.3 is 9.30 Å². The highest BCUT2D eigenvalue weighted by Crippen LogP contribution is 2.20. The number of methoxy groups -OCH3 is 1. The van der Waals surface area contributed by atoms with Crippen molar-refractivity contribution < 1.29 is 17.9 Å². The number of benzene rings is 2. The molecule has 0 saturated heterocycles. The molecule has 0 saturated carbocycles. The second-order valence-corrected chi connectivity index (χ2v) is 10.4. The van der Waals surface area contributed by atoms with Crippen molar-refractivity contribution in [3.8, 4) is 5.75 Å². The number of aromatic nitrogens is 1. The van der Waals surface area contributed by atoms with Crippen LogP contribution in [0.25, 0.3) is 10.2 Å². The minimum Gasteiger partial charge on any atom is -0.497 e.